The molecule has 6 nitrogen and oxygen atoms in total. The third kappa shape index (κ3) is 3.37. The van der Waals surface area contributed by atoms with Crippen LogP contribution in [-0.4, -0.2) is 26.6 Å². The number of anilines is 1. The van der Waals surface area contributed by atoms with Crippen LogP contribution in [0.1, 0.15) is 28.8 Å². The molecule has 0 aliphatic rings. The first kappa shape index (κ1) is 16.0. The maximum atomic E-state index is 5.25. The van der Waals surface area contributed by atoms with E-state index < -0.39 is 0 Å². The molecule has 1 N–H and O–H groups in total. The van der Waals surface area contributed by atoms with Crippen LogP contribution in [0.15, 0.2) is 42.7 Å². The number of aryl methyl sites for hydroxylation is 3. The number of imidazole rings is 1. The van der Waals surface area contributed by atoms with Crippen LogP contribution in [0.4, 0.5) is 5.95 Å². The number of aromatic nitrogens is 4. The molecule has 0 unspecified atom stereocenters. The summed E-state index contributed by atoms with van der Waals surface area (Å²) in [7, 11) is 3.63. The average molecular weight is 323 g/mol. The van der Waals surface area contributed by atoms with E-state index in [2.05, 4.69) is 20.3 Å². The van der Waals surface area contributed by atoms with Gasteiger partial charge in [0.15, 0.2) is 0 Å². The Kier molecular flexibility index (Phi) is 4.46. The number of benzene rings is 1. The van der Waals surface area contributed by atoms with Crippen LogP contribution in [0, 0.1) is 13.8 Å². The van der Waals surface area contributed by atoms with Gasteiger partial charge in [-0.1, -0.05) is 12.1 Å². The second-order valence-electron chi connectivity index (χ2n) is 5.72. The van der Waals surface area contributed by atoms with Crippen molar-refractivity contribution in [3.8, 4) is 5.75 Å². The van der Waals surface area contributed by atoms with Gasteiger partial charge in [-0.2, -0.15) is 0 Å². The number of ether oxygens (including phenoxy) is 1. The van der Waals surface area contributed by atoms with Crippen molar-refractivity contribution < 1.29 is 4.74 Å². The third-order valence-electron chi connectivity index (χ3n) is 3.82. The molecule has 0 aliphatic carbocycles. The summed E-state index contributed by atoms with van der Waals surface area (Å²) in [5.41, 5.74) is 2.92. The van der Waals surface area contributed by atoms with Gasteiger partial charge in [0.25, 0.3) is 0 Å². The standard InChI is InChI=1S/C18H21N5O/c1-12-11-13(2)21-18(20-12)22-16(17-19-9-10-23(17)3)14-5-7-15(24-4)8-6-14/h5-11,16H,1-4H3,(H,20,21,22)/t16-/m1/s1. The number of hydrogen-bond acceptors (Lipinski definition) is 5. The first-order chi connectivity index (χ1) is 11.6. The van der Waals surface area contributed by atoms with Crippen LogP contribution in [0.2, 0.25) is 0 Å². The van der Waals surface area contributed by atoms with Crippen LogP contribution in [0.25, 0.3) is 0 Å². The van der Waals surface area contributed by atoms with Gasteiger partial charge in [-0.05, 0) is 37.6 Å². The zero-order valence-corrected chi connectivity index (χ0v) is 14.3. The first-order valence-electron chi connectivity index (χ1n) is 7.77. The summed E-state index contributed by atoms with van der Waals surface area (Å²) < 4.78 is 7.24. The van der Waals surface area contributed by atoms with Crippen LogP contribution >= 0.6 is 0 Å². The summed E-state index contributed by atoms with van der Waals surface area (Å²) in [5, 5.41) is 3.41. The van der Waals surface area contributed by atoms with Crippen LogP contribution in [0.5, 0.6) is 5.75 Å². The fourth-order valence-electron chi connectivity index (χ4n) is 2.67. The smallest absolute Gasteiger partial charge is 0.223 e. The van der Waals surface area contributed by atoms with Gasteiger partial charge in [-0.25, -0.2) is 15.0 Å². The average Bonchev–Trinajstić information content (AvgIpc) is 2.98. The lowest BCUT2D eigenvalue weighted by atomic mass is 10.1. The first-order valence-corrected chi connectivity index (χ1v) is 7.77. The Balaban J connectivity index is 2.00. The molecule has 6 heteroatoms. The van der Waals surface area contributed by atoms with Gasteiger partial charge in [0.05, 0.1) is 7.11 Å². The van der Waals surface area contributed by atoms with Crippen LogP contribution < -0.4 is 10.1 Å². The summed E-state index contributed by atoms with van der Waals surface area (Å²) >= 11 is 0. The summed E-state index contributed by atoms with van der Waals surface area (Å²) in [6.07, 6.45) is 3.71. The lowest BCUT2D eigenvalue weighted by Gasteiger charge is -2.20. The zero-order chi connectivity index (χ0) is 17.1. The van der Waals surface area contributed by atoms with Crippen LogP contribution in [-0.2, 0) is 7.05 Å². The molecule has 0 bridgehead atoms. The predicted octanol–water partition coefficient (Wildman–Crippen LogP) is 3.04. The van der Waals surface area contributed by atoms with E-state index in [0.717, 1.165) is 28.5 Å². The van der Waals surface area contributed by atoms with E-state index >= 15 is 0 Å². The summed E-state index contributed by atoms with van der Waals surface area (Å²) in [5.74, 6) is 2.30. The SMILES string of the molecule is COc1ccc([C@@H](Nc2nc(C)cc(C)n2)c2nccn2C)cc1. The van der Waals surface area contributed by atoms with Crippen molar-refractivity contribution in [2.75, 3.05) is 12.4 Å². The highest BCUT2D eigenvalue weighted by Gasteiger charge is 2.19. The number of methoxy groups -OCH3 is 1. The Morgan fingerprint density at radius 1 is 1.08 bits per heavy atom. The maximum absolute atomic E-state index is 5.25. The Morgan fingerprint density at radius 3 is 2.29 bits per heavy atom. The van der Waals surface area contributed by atoms with E-state index in [9.17, 15) is 0 Å². The van der Waals surface area contributed by atoms with Crippen molar-refractivity contribution in [1.82, 2.24) is 19.5 Å². The Bertz CT molecular complexity index is 805. The minimum Gasteiger partial charge on any atom is -0.497 e. The molecule has 124 valence electrons. The minimum absolute atomic E-state index is 0.155. The third-order valence-corrected chi connectivity index (χ3v) is 3.82. The van der Waals surface area contributed by atoms with Crippen molar-refractivity contribution >= 4 is 5.95 Å². The Hall–Kier alpha value is -2.89. The largest absolute Gasteiger partial charge is 0.497 e. The molecule has 0 radical (unpaired) electrons. The van der Waals surface area contributed by atoms with Crippen molar-refractivity contribution in [3.63, 3.8) is 0 Å². The van der Waals surface area contributed by atoms with Gasteiger partial charge in [0, 0.05) is 30.8 Å². The number of nitrogens with zero attached hydrogens (tertiary/aromatic N) is 4. The van der Waals surface area contributed by atoms with Gasteiger partial charge in [0.2, 0.25) is 5.95 Å². The molecule has 3 aromatic rings. The molecule has 1 aromatic carbocycles. The van der Waals surface area contributed by atoms with Gasteiger partial charge in [0.1, 0.15) is 17.6 Å². The van der Waals surface area contributed by atoms with E-state index in [1.165, 1.54) is 0 Å². The summed E-state index contributed by atoms with van der Waals surface area (Å²) in [6, 6.07) is 9.72. The zero-order valence-electron chi connectivity index (χ0n) is 14.3. The molecular weight excluding hydrogens is 302 g/mol. The van der Waals surface area contributed by atoms with Gasteiger partial charge < -0.3 is 14.6 Å². The Morgan fingerprint density at radius 2 is 1.75 bits per heavy atom. The normalized spacial score (nSPS) is 12.0. The molecule has 0 amide bonds. The maximum Gasteiger partial charge on any atom is 0.223 e. The quantitative estimate of drug-likeness (QED) is 0.782. The van der Waals surface area contributed by atoms with Gasteiger partial charge >= 0.3 is 0 Å². The second-order valence-corrected chi connectivity index (χ2v) is 5.72. The number of rotatable bonds is 5. The van der Waals surface area contributed by atoms with E-state index in [0.29, 0.717) is 5.95 Å². The molecule has 0 saturated heterocycles. The van der Waals surface area contributed by atoms with E-state index in [-0.39, 0.29) is 6.04 Å². The molecule has 0 spiro atoms. The van der Waals surface area contributed by atoms with E-state index in [1.54, 1.807) is 13.3 Å². The molecule has 2 heterocycles. The fourth-order valence-corrected chi connectivity index (χ4v) is 2.67. The summed E-state index contributed by atoms with van der Waals surface area (Å²) in [6.45, 7) is 3.92. The van der Waals surface area contributed by atoms with Crippen molar-refractivity contribution in [1.29, 1.82) is 0 Å². The monoisotopic (exact) mass is 323 g/mol. The minimum atomic E-state index is -0.155. The second kappa shape index (κ2) is 6.70. The highest BCUT2D eigenvalue weighted by atomic mass is 16.5. The molecule has 24 heavy (non-hydrogen) atoms. The lowest BCUT2D eigenvalue weighted by molar-refractivity contribution is 0.414. The Labute approximate surface area is 141 Å². The molecular formula is C18H21N5O. The molecule has 0 fully saturated rings. The van der Waals surface area contributed by atoms with Crippen LogP contribution in [0.3, 0.4) is 0 Å². The van der Waals surface area contributed by atoms with E-state index in [1.807, 2.05) is 62.0 Å². The van der Waals surface area contributed by atoms with Gasteiger partial charge in [-0.3, -0.25) is 0 Å². The highest BCUT2D eigenvalue weighted by Crippen LogP contribution is 2.26. The molecule has 1 atom stereocenters. The van der Waals surface area contributed by atoms with Crippen molar-refractivity contribution in [2.45, 2.75) is 19.9 Å². The molecule has 3 rings (SSSR count). The molecule has 0 saturated carbocycles. The predicted molar refractivity (Wildman–Crippen MR) is 93.2 cm³/mol. The summed E-state index contributed by atoms with van der Waals surface area (Å²) in [4.78, 5) is 13.5. The lowest BCUT2D eigenvalue weighted by Crippen LogP contribution is -2.18. The topological polar surface area (TPSA) is 64.9 Å². The van der Waals surface area contributed by atoms with E-state index in [4.69, 9.17) is 4.74 Å². The fraction of sp³-hybridized carbons (Fsp3) is 0.278. The molecule has 2 aromatic heterocycles. The molecule has 0 aliphatic heterocycles. The highest BCUT2D eigenvalue weighted by molar-refractivity contribution is 5.40. The van der Waals surface area contributed by atoms with Crippen molar-refractivity contribution in [3.05, 3.63) is 65.5 Å². The number of nitrogens with one attached hydrogen (secondary N) is 1. The van der Waals surface area contributed by atoms with Gasteiger partial charge in [-0.15, -0.1) is 0 Å². The van der Waals surface area contributed by atoms with Crippen molar-refractivity contribution in [2.24, 2.45) is 7.05 Å². The number of hydrogen-bond donors (Lipinski definition) is 1.